The SMILES string of the molecule is CCCCc1ccc(-c2csc(-c3nc(-c4ccc(Cl)cc4)c(C)s3)n2)cc1. The Kier molecular flexibility index (Phi) is 5.90. The van der Waals surface area contributed by atoms with E-state index in [9.17, 15) is 0 Å². The lowest BCUT2D eigenvalue weighted by atomic mass is 10.1. The zero-order valence-electron chi connectivity index (χ0n) is 15.9. The number of halogens is 1. The average Bonchev–Trinajstić information content (AvgIpc) is 3.34. The van der Waals surface area contributed by atoms with Gasteiger partial charge in [-0.25, -0.2) is 9.97 Å². The highest BCUT2D eigenvalue weighted by atomic mass is 35.5. The molecule has 0 saturated heterocycles. The maximum Gasteiger partial charge on any atom is 0.153 e. The van der Waals surface area contributed by atoms with E-state index in [1.54, 1.807) is 22.7 Å². The van der Waals surface area contributed by atoms with E-state index in [0.29, 0.717) is 0 Å². The Bertz CT molecular complexity index is 1060. The maximum atomic E-state index is 6.01. The van der Waals surface area contributed by atoms with Crippen molar-refractivity contribution in [3.63, 3.8) is 0 Å². The van der Waals surface area contributed by atoms with Gasteiger partial charge in [-0.3, -0.25) is 0 Å². The molecule has 0 aliphatic rings. The van der Waals surface area contributed by atoms with Crippen LogP contribution in [0.15, 0.2) is 53.9 Å². The molecule has 4 aromatic rings. The summed E-state index contributed by atoms with van der Waals surface area (Å²) in [6.45, 7) is 4.33. The quantitative estimate of drug-likeness (QED) is 0.314. The third-order valence-corrected chi connectivity index (χ3v) is 6.88. The second-order valence-corrected chi connectivity index (χ2v) is 9.27. The van der Waals surface area contributed by atoms with Crippen molar-refractivity contribution in [3.05, 3.63) is 69.4 Å². The number of hydrogen-bond acceptors (Lipinski definition) is 4. The number of thiazole rings is 2. The molecule has 0 amide bonds. The van der Waals surface area contributed by atoms with Gasteiger partial charge in [0.2, 0.25) is 0 Å². The molecular weight excluding hydrogens is 404 g/mol. The number of rotatable bonds is 6. The van der Waals surface area contributed by atoms with E-state index in [4.69, 9.17) is 21.6 Å². The molecule has 0 radical (unpaired) electrons. The second kappa shape index (κ2) is 8.56. The summed E-state index contributed by atoms with van der Waals surface area (Å²) in [6, 6.07) is 16.6. The van der Waals surface area contributed by atoms with Crippen molar-refractivity contribution in [3.8, 4) is 32.5 Å². The molecule has 0 bridgehead atoms. The highest BCUT2D eigenvalue weighted by Crippen LogP contribution is 2.36. The summed E-state index contributed by atoms with van der Waals surface area (Å²) < 4.78 is 0. The van der Waals surface area contributed by atoms with Crippen molar-refractivity contribution < 1.29 is 0 Å². The van der Waals surface area contributed by atoms with Crippen LogP contribution < -0.4 is 0 Å². The normalized spacial score (nSPS) is 11.1. The molecule has 2 nitrogen and oxygen atoms in total. The van der Waals surface area contributed by atoms with E-state index >= 15 is 0 Å². The van der Waals surface area contributed by atoms with Crippen LogP contribution in [0.2, 0.25) is 5.02 Å². The molecule has 142 valence electrons. The second-order valence-electron chi connectivity index (χ2n) is 6.77. The first-order valence-electron chi connectivity index (χ1n) is 9.42. The van der Waals surface area contributed by atoms with Crippen LogP contribution in [0.5, 0.6) is 0 Å². The molecule has 0 N–H and O–H groups in total. The molecule has 0 unspecified atom stereocenters. The van der Waals surface area contributed by atoms with Gasteiger partial charge in [-0.2, -0.15) is 0 Å². The third kappa shape index (κ3) is 4.19. The van der Waals surface area contributed by atoms with E-state index in [1.807, 2.05) is 24.3 Å². The van der Waals surface area contributed by atoms with Gasteiger partial charge in [-0.1, -0.05) is 61.3 Å². The molecule has 5 heteroatoms. The number of nitrogens with zero attached hydrogens (tertiary/aromatic N) is 2. The van der Waals surface area contributed by atoms with Crippen LogP contribution in [-0.4, -0.2) is 9.97 Å². The molecule has 2 aromatic heterocycles. The number of aryl methyl sites for hydroxylation is 2. The van der Waals surface area contributed by atoms with Crippen molar-refractivity contribution in [1.29, 1.82) is 0 Å². The Morgan fingerprint density at radius 2 is 1.61 bits per heavy atom. The van der Waals surface area contributed by atoms with Gasteiger partial charge < -0.3 is 0 Å². The number of benzene rings is 2. The van der Waals surface area contributed by atoms with Gasteiger partial charge in [0.25, 0.3) is 0 Å². The lowest BCUT2D eigenvalue weighted by Gasteiger charge is -2.01. The Balaban J connectivity index is 1.58. The van der Waals surface area contributed by atoms with Crippen LogP contribution in [0.25, 0.3) is 32.5 Å². The Labute approximate surface area is 178 Å². The molecule has 0 spiro atoms. The molecule has 2 aromatic carbocycles. The summed E-state index contributed by atoms with van der Waals surface area (Å²) in [5, 5.41) is 4.80. The van der Waals surface area contributed by atoms with Crippen molar-refractivity contribution in [2.45, 2.75) is 33.1 Å². The highest BCUT2D eigenvalue weighted by Gasteiger charge is 2.15. The predicted molar refractivity (Wildman–Crippen MR) is 122 cm³/mol. The Hall–Kier alpha value is -2.01. The maximum absolute atomic E-state index is 6.01. The van der Waals surface area contributed by atoms with Crippen LogP contribution in [0.3, 0.4) is 0 Å². The summed E-state index contributed by atoms with van der Waals surface area (Å²) >= 11 is 9.35. The largest absolute Gasteiger partial charge is 0.233 e. The smallest absolute Gasteiger partial charge is 0.153 e. The van der Waals surface area contributed by atoms with Gasteiger partial charge in [-0.15, -0.1) is 22.7 Å². The lowest BCUT2D eigenvalue weighted by molar-refractivity contribution is 0.795. The molecule has 28 heavy (non-hydrogen) atoms. The first-order chi connectivity index (χ1) is 13.6. The molecular formula is C23H21ClN2S2. The number of unbranched alkanes of at least 4 members (excludes halogenated alkanes) is 1. The molecule has 0 atom stereocenters. The Morgan fingerprint density at radius 3 is 2.32 bits per heavy atom. The summed E-state index contributed by atoms with van der Waals surface area (Å²) in [5.41, 5.74) is 5.67. The molecule has 0 saturated carbocycles. The van der Waals surface area contributed by atoms with Gasteiger partial charge in [-0.05, 0) is 37.5 Å². The third-order valence-electron chi connectivity index (χ3n) is 4.67. The van der Waals surface area contributed by atoms with Gasteiger partial charge in [0.1, 0.15) is 0 Å². The van der Waals surface area contributed by atoms with Gasteiger partial charge in [0, 0.05) is 26.4 Å². The molecule has 0 fully saturated rings. The standard InChI is InChI=1S/C23H21ClN2S2/c1-3-4-5-16-6-8-17(9-7-16)20-14-27-22(25-20)23-26-21(15(2)28-23)18-10-12-19(24)13-11-18/h6-14H,3-5H2,1-2H3. The monoisotopic (exact) mass is 424 g/mol. The van der Waals surface area contributed by atoms with Crippen molar-refractivity contribution in [2.75, 3.05) is 0 Å². The fourth-order valence-electron chi connectivity index (χ4n) is 3.09. The first kappa shape index (κ1) is 19.3. The van der Waals surface area contributed by atoms with Gasteiger partial charge >= 0.3 is 0 Å². The molecule has 2 heterocycles. The van der Waals surface area contributed by atoms with Crippen LogP contribution in [0.1, 0.15) is 30.2 Å². The van der Waals surface area contributed by atoms with Crippen LogP contribution in [0.4, 0.5) is 0 Å². The summed E-state index contributed by atoms with van der Waals surface area (Å²) in [5.74, 6) is 0. The van der Waals surface area contributed by atoms with Crippen molar-refractivity contribution in [1.82, 2.24) is 9.97 Å². The van der Waals surface area contributed by atoms with Crippen molar-refractivity contribution >= 4 is 34.3 Å². The number of aromatic nitrogens is 2. The summed E-state index contributed by atoms with van der Waals surface area (Å²) in [7, 11) is 0. The topological polar surface area (TPSA) is 25.8 Å². The van der Waals surface area contributed by atoms with Gasteiger partial charge in [0.05, 0.1) is 11.4 Å². The van der Waals surface area contributed by atoms with E-state index in [0.717, 1.165) is 44.0 Å². The van der Waals surface area contributed by atoms with Crippen LogP contribution >= 0.6 is 34.3 Å². The zero-order valence-corrected chi connectivity index (χ0v) is 18.3. The first-order valence-corrected chi connectivity index (χ1v) is 11.5. The molecule has 0 aliphatic heterocycles. The highest BCUT2D eigenvalue weighted by molar-refractivity contribution is 7.21. The van der Waals surface area contributed by atoms with Crippen LogP contribution in [-0.2, 0) is 6.42 Å². The minimum absolute atomic E-state index is 0.738. The Morgan fingerprint density at radius 1 is 0.893 bits per heavy atom. The zero-order chi connectivity index (χ0) is 19.5. The molecule has 0 aliphatic carbocycles. The van der Waals surface area contributed by atoms with Gasteiger partial charge in [0.15, 0.2) is 10.0 Å². The number of hydrogen-bond donors (Lipinski definition) is 0. The molecule has 4 rings (SSSR count). The summed E-state index contributed by atoms with van der Waals surface area (Å²) in [4.78, 5) is 10.9. The van der Waals surface area contributed by atoms with E-state index in [2.05, 4.69) is 43.5 Å². The fourth-order valence-corrected chi connectivity index (χ4v) is 5.02. The predicted octanol–water partition coefficient (Wildman–Crippen LogP) is 7.91. The minimum atomic E-state index is 0.738. The summed E-state index contributed by atoms with van der Waals surface area (Å²) in [6.07, 6.45) is 3.60. The van der Waals surface area contributed by atoms with E-state index in [-0.39, 0.29) is 0 Å². The van der Waals surface area contributed by atoms with E-state index in [1.165, 1.54) is 23.3 Å². The fraction of sp³-hybridized carbons (Fsp3) is 0.217. The van der Waals surface area contributed by atoms with Crippen LogP contribution in [0, 0.1) is 6.92 Å². The van der Waals surface area contributed by atoms with E-state index < -0.39 is 0 Å². The lowest BCUT2D eigenvalue weighted by Crippen LogP contribution is -1.85. The van der Waals surface area contributed by atoms with Crippen molar-refractivity contribution in [2.24, 2.45) is 0 Å². The minimum Gasteiger partial charge on any atom is -0.233 e. The average molecular weight is 425 g/mol.